The standard InChI is InChI=1S/C22H24N2O2S/c1-16(2)17-7-9-19(10-8-17)27(25,26)24-13-11-18(12-14-24)21-15-23-22-6-4-3-5-20(21)22/h3-11,15-16,23H,12-14H2,1-2H3. The molecule has 0 atom stereocenters. The molecule has 0 spiro atoms. The first-order chi connectivity index (χ1) is 13.0. The summed E-state index contributed by atoms with van der Waals surface area (Å²) in [6.07, 6.45) is 4.77. The van der Waals surface area contributed by atoms with Gasteiger partial charge in [-0.2, -0.15) is 4.31 Å². The van der Waals surface area contributed by atoms with E-state index in [9.17, 15) is 8.42 Å². The molecular formula is C22H24N2O2S. The van der Waals surface area contributed by atoms with Gasteiger partial charge in [-0.3, -0.25) is 0 Å². The predicted molar refractivity (Wildman–Crippen MR) is 110 cm³/mol. The molecule has 0 saturated carbocycles. The zero-order valence-corrected chi connectivity index (χ0v) is 16.5. The van der Waals surface area contributed by atoms with Gasteiger partial charge in [0, 0.05) is 35.8 Å². The van der Waals surface area contributed by atoms with Crippen molar-refractivity contribution < 1.29 is 8.42 Å². The molecule has 0 aliphatic carbocycles. The summed E-state index contributed by atoms with van der Waals surface area (Å²) < 4.78 is 27.5. The Labute approximate surface area is 160 Å². The second-order valence-corrected chi connectivity index (χ2v) is 9.25. The minimum atomic E-state index is -3.46. The molecule has 1 aliphatic rings. The highest BCUT2D eigenvalue weighted by Crippen LogP contribution is 2.31. The first-order valence-corrected chi connectivity index (χ1v) is 10.8. The lowest BCUT2D eigenvalue weighted by Crippen LogP contribution is -2.34. The molecule has 2 heterocycles. The molecule has 2 aromatic carbocycles. The number of nitrogens with zero attached hydrogens (tertiary/aromatic N) is 1. The van der Waals surface area contributed by atoms with Crippen molar-refractivity contribution in [2.45, 2.75) is 31.1 Å². The van der Waals surface area contributed by atoms with Crippen molar-refractivity contribution in [1.29, 1.82) is 0 Å². The molecule has 0 radical (unpaired) electrons. The van der Waals surface area contributed by atoms with E-state index in [4.69, 9.17) is 0 Å². The molecule has 140 valence electrons. The predicted octanol–water partition coefficient (Wildman–Crippen LogP) is 4.77. The number of aromatic amines is 1. The van der Waals surface area contributed by atoms with Gasteiger partial charge >= 0.3 is 0 Å². The van der Waals surface area contributed by atoms with Gasteiger partial charge in [0.05, 0.1) is 4.90 Å². The third-order valence-electron chi connectivity index (χ3n) is 5.29. The molecule has 0 fully saturated rings. The van der Waals surface area contributed by atoms with Gasteiger partial charge in [-0.05, 0) is 41.7 Å². The lowest BCUT2D eigenvalue weighted by atomic mass is 10.00. The first kappa shape index (κ1) is 18.0. The van der Waals surface area contributed by atoms with Crippen molar-refractivity contribution in [3.63, 3.8) is 0 Å². The maximum atomic E-state index is 13.0. The van der Waals surface area contributed by atoms with Crippen LogP contribution in [-0.4, -0.2) is 30.8 Å². The minimum absolute atomic E-state index is 0.371. The van der Waals surface area contributed by atoms with Crippen LogP contribution < -0.4 is 0 Å². The number of H-pyrrole nitrogens is 1. The fourth-order valence-corrected chi connectivity index (χ4v) is 5.00. The highest BCUT2D eigenvalue weighted by Gasteiger charge is 2.26. The fourth-order valence-electron chi connectivity index (χ4n) is 3.62. The smallest absolute Gasteiger partial charge is 0.243 e. The lowest BCUT2D eigenvalue weighted by molar-refractivity contribution is 0.441. The zero-order chi connectivity index (χ0) is 19.0. The van der Waals surface area contributed by atoms with Crippen LogP contribution in [0.15, 0.2) is 65.7 Å². The van der Waals surface area contributed by atoms with Crippen LogP contribution in [0.5, 0.6) is 0 Å². The van der Waals surface area contributed by atoms with Gasteiger partial charge in [-0.25, -0.2) is 8.42 Å². The first-order valence-electron chi connectivity index (χ1n) is 9.32. The summed E-state index contributed by atoms with van der Waals surface area (Å²) >= 11 is 0. The monoisotopic (exact) mass is 380 g/mol. The maximum Gasteiger partial charge on any atom is 0.243 e. The molecule has 5 heteroatoms. The molecule has 1 aliphatic heterocycles. The Hall–Kier alpha value is -2.37. The Morgan fingerprint density at radius 3 is 2.44 bits per heavy atom. The van der Waals surface area contributed by atoms with Crippen LogP contribution in [0.3, 0.4) is 0 Å². The third kappa shape index (κ3) is 3.33. The van der Waals surface area contributed by atoms with Crippen molar-refractivity contribution in [3.8, 4) is 0 Å². The van der Waals surface area contributed by atoms with E-state index in [1.165, 1.54) is 16.5 Å². The Morgan fingerprint density at radius 2 is 1.78 bits per heavy atom. The topological polar surface area (TPSA) is 53.2 Å². The van der Waals surface area contributed by atoms with E-state index >= 15 is 0 Å². The van der Waals surface area contributed by atoms with Crippen molar-refractivity contribution in [3.05, 3.63) is 71.9 Å². The van der Waals surface area contributed by atoms with Gasteiger partial charge in [-0.1, -0.05) is 50.3 Å². The largest absolute Gasteiger partial charge is 0.361 e. The maximum absolute atomic E-state index is 13.0. The minimum Gasteiger partial charge on any atom is -0.361 e. The summed E-state index contributed by atoms with van der Waals surface area (Å²) in [4.78, 5) is 3.67. The van der Waals surface area contributed by atoms with E-state index in [1.807, 2.05) is 36.5 Å². The van der Waals surface area contributed by atoms with E-state index in [-0.39, 0.29) is 0 Å². The van der Waals surface area contributed by atoms with Crippen LogP contribution in [0.2, 0.25) is 0 Å². The number of rotatable bonds is 4. The van der Waals surface area contributed by atoms with Gasteiger partial charge in [0.1, 0.15) is 0 Å². The van der Waals surface area contributed by atoms with Crippen LogP contribution in [0.25, 0.3) is 16.5 Å². The van der Waals surface area contributed by atoms with Gasteiger partial charge in [0.15, 0.2) is 0 Å². The van der Waals surface area contributed by atoms with E-state index in [0.717, 1.165) is 11.1 Å². The van der Waals surface area contributed by atoms with Gasteiger partial charge < -0.3 is 4.98 Å². The Balaban J connectivity index is 1.57. The van der Waals surface area contributed by atoms with Crippen molar-refractivity contribution in [1.82, 2.24) is 9.29 Å². The molecule has 27 heavy (non-hydrogen) atoms. The summed E-state index contributed by atoms with van der Waals surface area (Å²) in [5.41, 5.74) is 4.63. The van der Waals surface area contributed by atoms with Crippen LogP contribution in [-0.2, 0) is 10.0 Å². The van der Waals surface area contributed by atoms with Crippen LogP contribution >= 0.6 is 0 Å². The number of benzene rings is 2. The molecular weight excluding hydrogens is 356 g/mol. The molecule has 4 nitrogen and oxygen atoms in total. The van der Waals surface area contributed by atoms with E-state index in [0.29, 0.717) is 30.3 Å². The van der Waals surface area contributed by atoms with Gasteiger partial charge in [0.25, 0.3) is 0 Å². The molecule has 0 unspecified atom stereocenters. The van der Waals surface area contributed by atoms with E-state index in [1.54, 1.807) is 16.4 Å². The molecule has 3 aromatic rings. The average Bonchev–Trinajstić information content (AvgIpc) is 3.12. The number of nitrogens with one attached hydrogen (secondary N) is 1. The Kier molecular flexibility index (Phi) is 4.66. The SMILES string of the molecule is CC(C)c1ccc(S(=O)(=O)N2CC=C(c3c[nH]c4ccccc34)CC2)cc1. The van der Waals surface area contributed by atoms with Crippen LogP contribution in [0.4, 0.5) is 0 Å². The number of fused-ring (bicyclic) bond motifs is 1. The number of hydrogen-bond acceptors (Lipinski definition) is 2. The normalized spacial score (nSPS) is 16.0. The summed E-state index contributed by atoms with van der Waals surface area (Å²) in [6, 6.07) is 15.5. The summed E-state index contributed by atoms with van der Waals surface area (Å²) in [5, 5.41) is 1.18. The fraction of sp³-hybridized carbons (Fsp3) is 0.273. The van der Waals surface area contributed by atoms with Crippen molar-refractivity contribution >= 4 is 26.5 Å². The zero-order valence-electron chi connectivity index (χ0n) is 15.6. The Morgan fingerprint density at radius 1 is 1.04 bits per heavy atom. The summed E-state index contributed by atoms with van der Waals surface area (Å²) in [5.74, 6) is 0.387. The van der Waals surface area contributed by atoms with Crippen LogP contribution in [0.1, 0.15) is 37.3 Å². The van der Waals surface area contributed by atoms with E-state index in [2.05, 4.69) is 31.0 Å². The number of aromatic nitrogens is 1. The molecule has 1 N–H and O–H groups in total. The molecule has 4 rings (SSSR count). The average molecular weight is 381 g/mol. The number of sulfonamides is 1. The lowest BCUT2D eigenvalue weighted by Gasteiger charge is -2.26. The number of para-hydroxylation sites is 1. The van der Waals surface area contributed by atoms with Gasteiger partial charge in [-0.15, -0.1) is 0 Å². The number of hydrogen-bond donors (Lipinski definition) is 1. The second-order valence-electron chi connectivity index (χ2n) is 7.31. The Bertz CT molecular complexity index is 1090. The molecule has 0 amide bonds. The van der Waals surface area contributed by atoms with Crippen LogP contribution in [0, 0.1) is 0 Å². The third-order valence-corrected chi connectivity index (χ3v) is 7.17. The van der Waals surface area contributed by atoms with E-state index < -0.39 is 10.0 Å². The quantitative estimate of drug-likeness (QED) is 0.709. The van der Waals surface area contributed by atoms with Gasteiger partial charge in [0.2, 0.25) is 10.0 Å². The molecule has 0 bridgehead atoms. The molecule has 0 saturated heterocycles. The highest BCUT2D eigenvalue weighted by atomic mass is 32.2. The highest BCUT2D eigenvalue weighted by molar-refractivity contribution is 7.89. The molecule has 1 aromatic heterocycles. The van der Waals surface area contributed by atoms with Crippen molar-refractivity contribution in [2.75, 3.05) is 13.1 Å². The van der Waals surface area contributed by atoms with Crippen molar-refractivity contribution in [2.24, 2.45) is 0 Å². The second kappa shape index (κ2) is 6.98. The summed E-state index contributed by atoms with van der Waals surface area (Å²) in [6.45, 7) is 5.11. The summed E-state index contributed by atoms with van der Waals surface area (Å²) in [7, 11) is -3.46.